The third-order valence-electron chi connectivity index (χ3n) is 2.88. The maximum Gasteiger partial charge on any atom is 0.245 e. The molecule has 0 radical (unpaired) electrons. The van der Waals surface area contributed by atoms with Crippen LogP contribution in [-0.2, 0) is 0 Å². The highest BCUT2D eigenvalue weighted by Crippen LogP contribution is 2.01. The second kappa shape index (κ2) is 7.61. The molecule has 2 aromatic heterocycles. The number of hydrogen-bond acceptors (Lipinski definition) is 10. The van der Waals surface area contributed by atoms with Crippen molar-refractivity contribution in [1.29, 1.82) is 0 Å². The van der Waals surface area contributed by atoms with Crippen molar-refractivity contribution < 1.29 is 19.2 Å². The summed E-state index contributed by atoms with van der Waals surface area (Å²) < 4.78 is 4.21. The minimum absolute atomic E-state index is 0.0431. The summed E-state index contributed by atoms with van der Waals surface area (Å²) in [4.78, 5) is 47.2. The summed E-state index contributed by atoms with van der Waals surface area (Å²) in [5, 5.41) is 7.86. The summed E-state index contributed by atoms with van der Waals surface area (Å²) in [5.41, 5.74) is 0. The zero-order valence-corrected chi connectivity index (χ0v) is 17.2. The molecule has 2 rings (SSSR count). The maximum absolute atomic E-state index is 11.9. The van der Waals surface area contributed by atoms with E-state index in [-0.39, 0.29) is 17.5 Å². The van der Waals surface area contributed by atoms with Crippen LogP contribution in [0.15, 0.2) is 10.2 Å². The molecule has 14 heteroatoms. The first kappa shape index (κ1) is 20.2. The van der Waals surface area contributed by atoms with Gasteiger partial charge >= 0.3 is 0 Å². The van der Waals surface area contributed by atoms with Crippen molar-refractivity contribution in [2.45, 2.75) is 27.7 Å². The smallest absolute Gasteiger partial charge is 0.245 e. The molecule has 0 aliphatic heterocycles. The van der Waals surface area contributed by atoms with Gasteiger partial charge in [0.2, 0.25) is 33.2 Å². The fourth-order valence-corrected chi connectivity index (χ4v) is 4.49. The minimum Gasteiger partial charge on any atom is -0.273 e. The van der Waals surface area contributed by atoms with Gasteiger partial charge in [-0.2, -0.15) is 18.7 Å². The minimum atomic E-state index is -0.491. The predicted octanol–water partition coefficient (Wildman–Crippen LogP) is 1.53. The summed E-state index contributed by atoms with van der Waals surface area (Å²) in [6.07, 6.45) is 0. The molecule has 0 unspecified atom stereocenters. The quantitative estimate of drug-likeness (QED) is 0.499. The Kier molecular flexibility index (Phi) is 5.90. The second-order valence-electron chi connectivity index (χ2n) is 4.82. The Hall–Kier alpha value is -2.16. The van der Waals surface area contributed by atoms with E-state index in [4.69, 9.17) is 24.4 Å². The van der Waals surface area contributed by atoms with Crippen molar-refractivity contribution in [2.24, 2.45) is 10.2 Å². The second-order valence-corrected chi connectivity index (χ2v) is 8.03. The number of hydrogen-bond donors (Lipinski definition) is 0. The molecule has 0 saturated carbocycles. The molecule has 26 heavy (non-hydrogen) atoms. The molecule has 2 aromatic rings. The summed E-state index contributed by atoms with van der Waals surface area (Å²) >= 11 is 11.9. The van der Waals surface area contributed by atoms with Gasteiger partial charge in [0.05, 0.1) is 0 Å². The highest BCUT2D eigenvalue weighted by Gasteiger charge is 2.15. The molecule has 138 valence electrons. The Morgan fingerprint density at radius 3 is 1.15 bits per heavy atom. The Balaban J connectivity index is 2.87. The lowest BCUT2D eigenvalue weighted by atomic mass is 10.7. The van der Waals surface area contributed by atoms with Gasteiger partial charge in [0.15, 0.2) is 7.91 Å². The van der Waals surface area contributed by atoms with Crippen LogP contribution < -0.4 is 9.60 Å². The standard InChI is InChI=1S/C12H12N6O4S4/c1-5(19)15-9(25-11(23)17(15)7(3)21)13-14-10-16(6(2)20)18(8(4)22)12(24)26-10/h1-4H3/b13-9-,14-10+. The molecule has 0 bridgehead atoms. The van der Waals surface area contributed by atoms with Crippen molar-refractivity contribution in [2.75, 3.05) is 0 Å². The van der Waals surface area contributed by atoms with E-state index in [1.165, 1.54) is 27.7 Å². The van der Waals surface area contributed by atoms with Gasteiger partial charge in [-0.25, -0.2) is 0 Å². The Morgan fingerprint density at radius 1 is 0.654 bits per heavy atom. The number of carbonyl (C=O) groups is 4. The first-order valence-electron chi connectivity index (χ1n) is 6.88. The van der Waals surface area contributed by atoms with E-state index in [0.717, 1.165) is 41.4 Å². The molecule has 0 spiro atoms. The van der Waals surface area contributed by atoms with Crippen LogP contribution in [0.4, 0.5) is 0 Å². The molecule has 0 amide bonds. The predicted molar refractivity (Wildman–Crippen MR) is 98.6 cm³/mol. The van der Waals surface area contributed by atoms with E-state index in [2.05, 4.69) is 10.2 Å². The van der Waals surface area contributed by atoms with E-state index in [1.807, 2.05) is 0 Å². The average Bonchev–Trinajstić information content (AvgIpc) is 3.01. The number of rotatable bonds is 1. The van der Waals surface area contributed by atoms with Gasteiger partial charge in [0.1, 0.15) is 0 Å². The van der Waals surface area contributed by atoms with Crippen LogP contribution in [0.3, 0.4) is 0 Å². The Bertz CT molecular complexity index is 1100. The molecule has 0 fully saturated rings. The van der Waals surface area contributed by atoms with Crippen LogP contribution in [0.5, 0.6) is 0 Å². The Morgan fingerprint density at radius 2 is 0.923 bits per heavy atom. The number of aromatic nitrogens is 4. The van der Waals surface area contributed by atoms with E-state index < -0.39 is 23.6 Å². The third-order valence-corrected chi connectivity index (χ3v) is 5.29. The van der Waals surface area contributed by atoms with Crippen LogP contribution in [0.25, 0.3) is 0 Å². The van der Waals surface area contributed by atoms with Gasteiger partial charge in [-0.3, -0.25) is 19.2 Å². The van der Waals surface area contributed by atoms with Crippen molar-refractivity contribution >= 4 is 70.7 Å². The highest BCUT2D eigenvalue weighted by atomic mass is 32.2. The van der Waals surface area contributed by atoms with Crippen LogP contribution in [0.2, 0.25) is 0 Å². The molecule has 0 aromatic carbocycles. The van der Waals surface area contributed by atoms with Gasteiger partial charge in [0.25, 0.3) is 0 Å². The number of carbonyl (C=O) groups excluding carboxylic acids is 4. The fourth-order valence-electron chi connectivity index (χ4n) is 1.96. The lowest BCUT2D eigenvalue weighted by molar-refractivity contribution is 0.0813. The van der Waals surface area contributed by atoms with Crippen molar-refractivity contribution in [3.8, 4) is 0 Å². The average molecular weight is 433 g/mol. The summed E-state index contributed by atoms with van der Waals surface area (Å²) in [5.74, 6) is -1.90. The van der Waals surface area contributed by atoms with Crippen LogP contribution in [0.1, 0.15) is 46.9 Å². The van der Waals surface area contributed by atoms with E-state index in [0.29, 0.717) is 0 Å². The lowest BCUT2D eigenvalue weighted by Gasteiger charge is -2.03. The van der Waals surface area contributed by atoms with E-state index >= 15 is 0 Å². The maximum atomic E-state index is 11.9. The molecule has 0 atom stereocenters. The van der Waals surface area contributed by atoms with Crippen LogP contribution in [0, 0.1) is 7.91 Å². The van der Waals surface area contributed by atoms with Gasteiger partial charge in [-0.05, 0) is 24.4 Å². The molecule has 0 saturated heterocycles. The normalized spacial score (nSPS) is 12.5. The molecule has 0 aliphatic carbocycles. The zero-order chi connectivity index (χ0) is 19.8. The van der Waals surface area contributed by atoms with Gasteiger partial charge < -0.3 is 0 Å². The largest absolute Gasteiger partial charge is 0.273 e. The van der Waals surface area contributed by atoms with Crippen LogP contribution >= 0.6 is 47.1 Å². The van der Waals surface area contributed by atoms with Crippen molar-refractivity contribution in [3.05, 3.63) is 17.5 Å². The summed E-state index contributed by atoms with van der Waals surface area (Å²) in [7, 11) is 0. The highest BCUT2D eigenvalue weighted by molar-refractivity contribution is 7.73. The lowest BCUT2D eigenvalue weighted by Crippen LogP contribution is -2.32. The molecular formula is C12H12N6O4S4. The first-order chi connectivity index (χ1) is 12.1. The van der Waals surface area contributed by atoms with E-state index in [1.54, 1.807) is 0 Å². The van der Waals surface area contributed by atoms with Gasteiger partial charge in [0, 0.05) is 27.7 Å². The molecule has 0 N–H and O–H groups in total. The SMILES string of the molecule is CC(=O)n1c(=S)s/c(=N\N=c2\sc(=S)n(C(C)=O)n2C(C)=O)n1C(C)=O. The molecular weight excluding hydrogens is 420 g/mol. The Labute approximate surface area is 163 Å². The molecule has 10 nitrogen and oxygen atoms in total. The summed E-state index contributed by atoms with van der Waals surface area (Å²) in [6, 6.07) is 0. The number of nitrogens with zero attached hydrogens (tertiary/aromatic N) is 6. The van der Waals surface area contributed by atoms with Crippen molar-refractivity contribution in [3.63, 3.8) is 0 Å². The van der Waals surface area contributed by atoms with Gasteiger partial charge in [-0.15, -0.1) is 10.2 Å². The fraction of sp³-hybridized carbons (Fsp3) is 0.333. The van der Waals surface area contributed by atoms with Crippen molar-refractivity contribution in [1.82, 2.24) is 18.7 Å². The monoisotopic (exact) mass is 432 g/mol. The van der Waals surface area contributed by atoms with E-state index in [9.17, 15) is 19.2 Å². The summed E-state index contributed by atoms with van der Waals surface area (Å²) in [6.45, 7) is 4.99. The molecule has 0 aliphatic rings. The zero-order valence-electron chi connectivity index (χ0n) is 13.9. The topological polar surface area (TPSA) is 113 Å². The first-order valence-corrected chi connectivity index (χ1v) is 9.33. The van der Waals surface area contributed by atoms with Crippen LogP contribution in [-0.4, -0.2) is 42.4 Å². The third kappa shape index (κ3) is 3.67. The van der Waals surface area contributed by atoms with Gasteiger partial charge in [-0.1, -0.05) is 22.7 Å². The molecule has 2 heterocycles.